The van der Waals surface area contributed by atoms with E-state index in [4.69, 9.17) is 20.7 Å². The molecule has 4 aromatic rings. The fourth-order valence-corrected chi connectivity index (χ4v) is 4.61. The van der Waals surface area contributed by atoms with Crippen molar-refractivity contribution in [1.29, 1.82) is 5.26 Å². The molecule has 34 heavy (non-hydrogen) atoms. The van der Waals surface area contributed by atoms with E-state index in [9.17, 15) is 0 Å². The van der Waals surface area contributed by atoms with Crippen LogP contribution in [0.4, 0.5) is 5.69 Å². The molecule has 3 heterocycles. The van der Waals surface area contributed by atoms with E-state index in [1.165, 1.54) is 11.6 Å². The molecule has 1 aliphatic heterocycles. The first-order valence-corrected chi connectivity index (χ1v) is 12.7. The third-order valence-corrected chi connectivity index (χ3v) is 6.88. The number of anilines is 1. The number of pyridine rings is 2. The van der Waals surface area contributed by atoms with Gasteiger partial charge in [-0.25, -0.2) is 4.98 Å². The normalized spacial score (nSPS) is 14.4. The highest BCUT2D eigenvalue weighted by atomic mass is 32.2. The standard InChI is InChI=1S/C17H22N2OS.C10H7N3/c1-3-14-12-13-6-4-5-7-16(13)17(18-14)20-15-8-10-19(21-2)11-9-15;11-5-7-6-13-9-4-2-1-3-8(9)10(7)12/h4-7,12,15H,3,8-11H2,1-2H3;1-4,6H,(H2,12,13). The molecule has 0 amide bonds. The smallest absolute Gasteiger partial charge is 0.221 e. The van der Waals surface area contributed by atoms with Crippen LogP contribution in [0.5, 0.6) is 5.88 Å². The minimum atomic E-state index is 0.288. The van der Waals surface area contributed by atoms with Gasteiger partial charge in [0.05, 0.1) is 16.8 Å². The predicted octanol–water partition coefficient (Wildman–Crippen LogP) is 5.61. The van der Waals surface area contributed by atoms with Crippen LogP contribution >= 0.6 is 11.9 Å². The summed E-state index contributed by atoms with van der Waals surface area (Å²) in [4.78, 5) is 8.82. The summed E-state index contributed by atoms with van der Waals surface area (Å²) in [5, 5.41) is 11.9. The van der Waals surface area contributed by atoms with E-state index >= 15 is 0 Å². The summed E-state index contributed by atoms with van der Waals surface area (Å²) in [6, 6.07) is 20.0. The number of nitrogens with two attached hydrogens (primary N) is 1. The molecule has 0 spiro atoms. The van der Waals surface area contributed by atoms with Crippen molar-refractivity contribution in [3.05, 3.63) is 72.1 Å². The summed E-state index contributed by atoms with van der Waals surface area (Å²) in [6.07, 6.45) is 7.02. The number of ether oxygens (including phenoxy) is 1. The fourth-order valence-electron chi connectivity index (χ4n) is 4.03. The molecule has 2 aromatic carbocycles. The molecular formula is C27H29N5OS. The first-order valence-electron chi connectivity index (χ1n) is 11.5. The molecule has 1 saturated heterocycles. The molecule has 2 N–H and O–H groups in total. The van der Waals surface area contributed by atoms with Gasteiger partial charge in [-0.3, -0.25) is 9.29 Å². The van der Waals surface area contributed by atoms with Gasteiger partial charge in [0.2, 0.25) is 5.88 Å². The van der Waals surface area contributed by atoms with Gasteiger partial charge in [0.1, 0.15) is 12.2 Å². The molecule has 1 aliphatic rings. The highest BCUT2D eigenvalue weighted by molar-refractivity contribution is 7.96. The Morgan fingerprint density at radius 2 is 1.82 bits per heavy atom. The number of rotatable bonds is 4. The maximum Gasteiger partial charge on any atom is 0.221 e. The number of fused-ring (bicyclic) bond motifs is 2. The van der Waals surface area contributed by atoms with Crippen LogP contribution in [-0.2, 0) is 6.42 Å². The lowest BCUT2D eigenvalue weighted by atomic mass is 10.1. The molecule has 0 atom stereocenters. The van der Waals surface area contributed by atoms with Crippen molar-refractivity contribution in [2.75, 3.05) is 25.1 Å². The summed E-state index contributed by atoms with van der Waals surface area (Å²) in [6.45, 7) is 4.33. The SMILES string of the molecule is CCc1cc2ccccc2c(OC2CCN(SC)CC2)n1.N#Cc1cnc2ccccc2c1N. The van der Waals surface area contributed by atoms with Gasteiger partial charge >= 0.3 is 0 Å². The van der Waals surface area contributed by atoms with Crippen LogP contribution in [0.25, 0.3) is 21.7 Å². The second kappa shape index (κ2) is 11.2. The zero-order valence-corrected chi connectivity index (χ0v) is 20.4. The quantitative estimate of drug-likeness (QED) is 0.387. The molecule has 1 fully saturated rings. The zero-order chi connectivity index (χ0) is 23.9. The number of nitriles is 1. The zero-order valence-electron chi connectivity index (χ0n) is 19.6. The van der Waals surface area contributed by atoms with Crippen LogP contribution in [0.3, 0.4) is 0 Å². The van der Waals surface area contributed by atoms with E-state index in [-0.39, 0.29) is 6.10 Å². The Kier molecular flexibility index (Phi) is 7.84. The molecule has 0 bridgehead atoms. The second-order valence-electron chi connectivity index (χ2n) is 8.14. The highest BCUT2D eigenvalue weighted by Gasteiger charge is 2.21. The largest absolute Gasteiger partial charge is 0.474 e. The van der Waals surface area contributed by atoms with E-state index in [0.717, 1.165) is 60.2 Å². The van der Waals surface area contributed by atoms with Crippen molar-refractivity contribution < 1.29 is 4.74 Å². The van der Waals surface area contributed by atoms with Crippen LogP contribution in [0.1, 0.15) is 31.0 Å². The number of nitrogen functional groups attached to an aromatic ring is 1. The molecule has 5 rings (SSSR count). The molecular weight excluding hydrogens is 442 g/mol. The molecule has 174 valence electrons. The fraction of sp³-hybridized carbons (Fsp3) is 0.296. The highest BCUT2D eigenvalue weighted by Crippen LogP contribution is 2.28. The van der Waals surface area contributed by atoms with Crippen LogP contribution in [0.2, 0.25) is 0 Å². The Morgan fingerprint density at radius 1 is 1.12 bits per heavy atom. The van der Waals surface area contributed by atoms with E-state index in [1.807, 2.05) is 42.3 Å². The predicted molar refractivity (Wildman–Crippen MR) is 141 cm³/mol. The van der Waals surface area contributed by atoms with Crippen LogP contribution in [0, 0.1) is 11.3 Å². The first-order chi connectivity index (χ1) is 16.6. The number of nitrogens with zero attached hydrogens (tertiary/aromatic N) is 4. The topological polar surface area (TPSA) is 88.1 Å². The van der Waals surface area contributed by atoms with E-state index in [1.54, 1.807) is 0 Å². The lowest BCUT2D eigenvalue weighted by Crippen LogP contribution is -2.34. The third kappa shape index (κ3) is 5.41. The van der Waals surface area contributed by atoms with Crippen molar-refractivity contribution >= 4 is 39.3 Å². The lowest BCUT2D eigenvalue weighted by molar-refractivity contribution is 0.135. The van der Waals surface area contributed by atoms with Gasteiger partial charge in [0.25, 0.3) is 0 Å². The lowest BCUT2D eigenvalue weighted by Gasteiger charge is -2.30. The van der Waals surface area contributed by atoms with Crippen LogP contribution in [0.15, 0.2) is 60.8 Å². The maximum atomic E-state index is 8.71. The van der Waals surface area contributed by atoms with Crippen LogP contribution in [-0.4, -0.2) is 39.7 Å². The monoisotopic (exact) mass is 471 g/mol. The molecule has 0 unspecified atom stereocenters. The van der Waals surface area contributed by atoms with Crippen molar-refractivity contribution in [1.82, 2.24) is 14.3 Å². The first kappa shape index (κ1) is 23.8. The van der Waals surface area contributed by atoms with E-state index < -0.39 is 0 Å². The summed E-state index contributed by atoms with van der Waals surface area (Å²) in [5.74, 6) is 0.813. The molecule has 7 heteroatoms. The van der Waals surface area contributed by atoms with Crippen molar-refractivity contribution in [2.45, 2.75) is 32.3 Å². The van der Waals surface area contributed by atoms with E-state index in [2.05, 4.69) is 52.8 Å². The van der Waals surface area contributed by atoms with Crippen molar-refractivity contribution in [2.24, 2.45) is 0 Å². The number of benzene rings is 2. The number of para-hydroxylation sites is 1. The maximum absolute atomic E-state index is 8.71. The number of hydrogen-bond acceptors (Lipinski definition) is 7. The van der Waals surface area contributed by atoms with Gasteiger partial charge in [-0.15, -0.1) is 0 Å². The van der Waals surface area contributed by atoms with Gasteiger partial charge in [-0.2, -0.15) is 5.26 Å². The summed E-state index contributed by atoms with van der Waals surface area (Å²) in [5.41, 5.74) is 8.62. The Morgan fingerprint density at radius 3 is 2.53 bits per heavy atom. The Balaban J connectivity index is 0.000000180. The molecule has 0 saturated carbocycles. The molecule has 2 aromatic heterocycles. The van der Waals surface area contributed by atoms with Gasteiger partial charge in [0, 0.05) is 35.8 Å². The molecule has 6 nitrogen and oxygen atoms in total. The third-order valence-electron chi connectivity index (χ3n) is 6.00. The summed E-state index contributed by atoms with van der Waals surface area (Å²) < 4.78 is 8.65. The number of hydrogen-bond donors (Lipinski definition) is 1. The average Bonchev–Trinajstić information content (AvgIpc) is 2.90. The number of aromatic nitrogens is 2. The van der Waals surface area contributed by atoms with Gasteiger partial charge < -0.3 is 10.5 Å². The number of piperidine rings is 1. The Bertz CT molecular complexity index is 1310. The number of aryl methyl sites for hydroxylation is 1. The molecule has 0 aliphatic carbocycles. The average molecular weight is 472 g/mol. The second-order valence-corrected chi connectivity index (χ2v) is 9.02. The molecule has 0 radical (unpaired) electrons. The van der Waals surface area contributed by atoms with Crippen molar-refractivity contribution in [3.8, 4) is 11.9 Å². The van der Waals surface area contributed by atoms with Gasteiger partial charge in [-0.1, -0.05) is 55.3 Å². The summed E-state index contributed by atoms with van der Waals surface area (Å²) >= 11 is 1.82. The van der Waals surface area contributed by atoms with Gasteiger partial charge in [-0.05, 0) is 49.1 Å². The van der Waals surface area contributed by atoms with Crippen molar-refractivity contribution in [3.63, 3.8) is 0 Å². The van der Waals surface area contributed by atoms with Crippen LogP contribution < -0.4 is 10.5 Å². The van der Waals surface area contributed by atoms with E-state index in [0.29, 0.717) is 11.3 Å². The Labute approximate surface area is 204 Å². The Hall–Kier alpha value is -3.34. The van der Waals surface area contributed by atoms with Gasteiger partial charge in [0.15, 0.2) is 0 Å². The minimum Gasteiger partial charge on any atom is -0.474 e. The summed E-state index contributed by atoms with van der Waals surface area (Å²) in [7, 11) is 0. The minimum absolute atomic E-state index is 0.288.